The molecule has 0 aliphatic heterocycles. The summed E-state index contributed by atoms with van der Waals surface area (Å²) in [7, 11) is 0. The van der Waals surface area contributed by atoms with E-state index in [1.165, 1.54) is 11.3 Å². The number of hydrogen-bond acceptors (Lipinski definition) is 5. The van der Waals surface area contributed by atoms with Crippen molar-refractivity contribution in [1.82, 2.24) is 4.98 Å². The first-order valence-corrected chi connectivity index (χ1v) is 10.4. The van der Waals surface area contributed by atoms with Gasteiger partial charge in [0.1, 0.15) is 11.6 Å². The number of aromatic nitrogens is 1. The van der Waals surface area contributed by atoms with Crippen LogP contribution < -0.4 is 5.32 Å². The molecule has 3 aromatic carbocycles. The van der Waals surface area contributed by atoms with Gasteiger partial charge in [-0.3, -0.25) is 4.79 Å². The minimum atomic E-state index is -0.390. The first kappa shape index (κ1) is 19.8. The zero-order chi connectivity index (χ0) is 20.9. The van der Waals surface area contributed by atoms with E-state index in [1.807, 2.05) is 73.0 Å². The van der Waals surface area contributed by atoms with E-state index in [1.54, 1.807) is 6.07 Å². The summed E-state index contributed by atoms with van der Waals surface area (Å²) < 4.78 is 5.45. The van der Waals surface area contributed by atoms with Crippen molar-refractivity contribution in [2.45, 2.75) is 20.0 Å². The van der Waals surface area contributed by atoms with Crippen LogP contribution in [0.4, 0.5) is 5.69 Å². The second kappa shape index (κ2) is 8.88. The molecule has 0 radical (unpaired) electrons. The molecule has 0 aliphatic carbocycles. The molecule has 0 spiro atoms. The van der Waals surface area contributed by atoms with E-state index in [2.05, 4.69) is 10.3 Å². The van der Waals surface area contributed by atoms with Crippen LogP contribution in [0.3, 0.4) is 0 Å². The molecule has 1 amide bonds. The quantitative estimate of drug-likeness (QED) is 0.442. The highest BCUT2D eigenvalue weighted by Gasteiger charge is 2.13. The summed E-state index contributed by atoms with van der Waals surface area (Å²) in [6, 6.07) is 20.9. The number of ether oxygens (including phenoxy) is 1. The SMILES string of the molecule is Cc1ccc(NC(=O)Cc2nc(COC(=O)c3cccc4ccccc34)cs2)cc1. The van der Waals surface area contributed by atoms with Crippen molar-refractivity contribution in [3.05, 3.63) is 93.9 Å². The second-order valence-electron chi connectivity index (χ2n) is 6.93. The number of thiazole rings is 1. The van der Waals surface area contributed by atoms with Crippen molar-refractivity contribution >= 4 is 39.7 Å². The van der Waals surface area contributed by atoms with E-state index in [0.717, 1.165) is 22.0 Å². The Hall–Kier alpha value is -3.51. The Kier molecular flexibility index (Phi) is 5.86. The van der Waals surface area contributed by atoms with Crippen molar-refractivity contribution in [2.75, 3.05) is 5.32 Å². The van der Waals surface area contributed by atoms with Crippen LogP contribution in [-0.2, 0) is 22.6 Å². The molecule has 0 bridgehead atoms. The van der Waals surface area contributed by atoms with Crippen molar-refractivity contribution in [2.24, 2.45) is 0 Å². The fourth-order valence-corrected chi connectivity index (χ4v) is 3.87. The summed E-state index contributed by atoms with van der Waals surface area (Å²) in [4.78, 5) is 29.2. The third-order valence-corrected chi connectivity index (χ3v) is 5.50. The molecule has 1 aromatic heterocycles. The van der Waals surface area contributed by atoms with Gasteiger partial charge in [0.25, 0.3) is 0 Å². The molecule has 0 atom stereocenters. The molecule has 0 fully saturated rings. The van der Waals surface area contributed by atoms with Crippen LogP contribution in [0.25, 0.3) is 10.8 Å². The predicted octanol–water partition coefficient (Wildman–Crippen LogP) is 5.14. The Labute approximate surface area is 178 Å². The zero-order valence-corrected chi connectivity index (χ0v) is 17.2. The van der Waals surface area contributed by atoms with Gasteiger partial charge in [0, 0.05) is 11.1 Å². The normalized spacial score (nSPS) is 10.7. The minimum Gasteiger partial charge on any atom is -0.456 e. The first-order valence-electron chi connectivity index (χ1n) is 9.53. The lowest BCUT2D eigenvalue weighted by Crippen LogP contribution is -2.14. The van der Waals surface area contributed by atoms with Crippen molar-refractivity contribution in [3.8, 4) is 0 Å². The predicted molar refractivity (Wildman–Crippen MR) is 119 cm³/mol. The number of fused-ring (bicyclic) bond motifs is 1. The second-order valence-corrected chi connectivity index (χ2v) is 7.87. The number of benzene rings is 3. The first-order chi connectivity index (χ1) is 14.6. The number of rotatable bonds is 6. The van der Waals surface area contributed by atoms with E-state index in [9.17, 15) is 9.59 Å². The van der Waals surface area contributed by atoms with Gasteiger partial charge >= 0.3 is 5.97 Å². The van der Waals surface area contributed by atoms with Gasteiger partial charge in [-0.1, -0.05) is 54.1 Å². The minimum absolute atomic E-state index is 0.0676. The Balaban J connectivity index is 1.34. The zero-order valence-electron chi connectivity index (χ0n) is 16.4. The van der Waals surface area contributed by atoms with Gasteiger partial charge in [0.2, 0.25) is 5.91 Å². The third kappa shape index (κ3) is 4.72. The maximum Gasteiger partial charge on any atom is 0.339 e. The van der Waals surface area contributed by atoms with Crippen molar-refractivity contribution in [3.63, 3.8) is 0 Å². The number of esters is 1. The maximum absolute atomic E-state index is 12.5. The van der Waals surface area contributed by atoms with E-state index < -0.39 is 5.97 Å². The number of hydrogen-bond donors (Lipinski definition) is 1. The van der Waals surface area contributed by atoms with Crippen LogP contribution in [0.2, 0.25) is 0 Å². The van der Waals surface area contributed by atoms with Gasteiger partial charge in [0.15, 0.2) is 0 Å². The number of nitrogens with one attached hydrogen (secondary N) is 1. The van der Waals surface area contributed by atoms with Gasteiger partial charge in [-0.2, -0.15) is 0 Å². The maximum atomic E-state index is 12.5. The molecule has 0 saturated carbocycles. The number of carbonyl (C=O) groups is 2. The average molecular weight is 417 g/mol. The molecule has 0 saturated heterocycles. The molecule has 1 N–H and O–H groups in total. The molecule has 0 aliphatic rings. The Morgan fingerprint density at radius 2 is 1.77 bits per heavy atom. The van der Waals surface area contributed by atoms with Crippen LogP contribution >= 0.6 is 11.3 Å². The fraction of sp³-hybridized carbons (Fsp3) is 0.125. The third-order valence-electron chi connectivity index (χ3n) is 4.61. The Bertz CT molecular complexity index is 1190. The average Bonchev–Trinajstić information content (AvgIpc) is 3.20. The molecule has 150 valence electrons. The molecule has 4 rings (SSSR count). The molecule has 30 heavy (non-hydrogen) atoms. The van der Waals surface area contributed by atoms with E-state index >= 15 is 0 Å². The lowest BCUT2D eigenvalue weighted by Gasteiger charge is -2.06. The lowest BCUT2D eigenvalue weighted by molar-refractivity contribution is -0.115. The van der Waals surface area contributed by atoms with Crippen LogP contribution in [-0.4, -0.2) is 16.9 Å². The van der Waals surface area contributed by atoms with Gasteiger partial charge in [-0.15, -0.1) is 11.3 Å². The lowest BCUT2D eigenvalue weighted by atomic mass is 10.1. The number of carbonyl (C=O) groups excluding carboxylic acids is 2. The van der Waals surface area contributed by atoms with Gasteiger partial charge < -0.3 is 10.1 Å². The topological polar surface area (TPSA) is 68.3 Å². The number of amides is 1. The highest BCUT2D eigenvalue weighted by Crippen LogP contribution is 2.20. The number of nitrogens with zero attached hydrogens (tertiary/aromatic N) is 1. The van der Waals surface area contributed by atoms with Gasteiger partial charge in [-0.05, 0) is 35.9 Å². The smallest absolute Gasteiger partial charge is 0.339 e. The van der Waals surface area contributed by atoms with Crippen molar-refractivity contribution < 1.29 is 14.3 Å². The Morgan fingerprint density at radius 3 is 2.60 bits per heavy atom. The van der Waals surface area contributed by atoms with Crippen LogP contribution in [0, 0.1) is 6.92 Å². The molecular weight excluding hydrogens is 396 g/mol. The molecule has 4 aromatic rings. The highest BCUT2D eigenvalue weighted by molar-refractivity contribution is 7.09. The largest absolute Gasteiger partial charge is 0.456 e. The summed E-state index contributed by atoms with van der Waals surface area (Å²) in [5, 5.41) is 7.19. The summed E-state index contributed by atoms with van der Waals surface area (Å²) in [6.07, 6.45) is 0.176. The molecule has 5 nitrogen and oxygen atoms in total. The van der Waals surface area contributed by atoms with E-state index in [4.69, 9.17) is 4.74 Å². The molecule has 6 heteroatoms. The fourth-order valence-electron chi connectivity index (χ4n) is 3.10. The van der Waals surface area contributed by atoms with Crippen LogP contribution in [0.5, 0.6) is 0 Å². The summed E-state index contributed by atoms with van der Waals surface area (Å²) in [5.74, 6) is -0.522. The Morgan fingerprint density at radius 1 is 1.00 bits per heavy atom. The van der Waals surface area contributed by atoms with Crippen LogP contribution in [0.15, 0.2) is 72.1 Å². The van der Waals surface area contributed by atoms with E-state index in [0.29, 0.717) is 16.3 Å². The monoisotopic (exact) mass is 416 g/mol. The van der Waals surface area contributed by atoms with Crippen LogP contribution in [0.1, 0.15) is 26.6 Å². The standard InChI is InChI=1S/C24H20N2O3S/c1-16-9-11-18(12-10-16)25-22(27)13-23-26-19(15-30-23)14-29-24(28)21-8-4-6-17-5-2-3-7-20(17)21/h2-12,15H,13-14H2,1H3,(H,25,27). The van der Waals surface area contributed by atoms with Gasteiger partial charge in [0.05, 0.1) is 17.7 Å². The highest BCUT2D eigenvalue weighted by atomic mass is 32.1. The van der Waals surface area contributed by atoms with Gasteiger partial charge in [-0.25, -0.2) is 9.78 Å². The summed E-state index contributed by atoms with van der Waals surface area (Å²) in [5.41, 5.74) is 3.05. The van der Waals surface area contributed by atoms with E-state index in [-0.39, 0.29) is 18.9 Å². The molecule has 0 unspecified atom stereocenters. The molecule has 1 heterocycles. The number of aryl methyl sites for hydroxylation is 1. The number of anilines is 1. The molecular formula is C24H20N2O3S. The van der Waals surface area contributed by atoms with Crippen molar-refractivity contribution in [1.29, 1.82) is 0 Å². The summed E-state index contributed by atoms with van der Waals surface area (Å²) in [6.45, 7) is 2.06. The summed E-state index contributed by atoms with van der Waals surface area (Å²) >= 11 is 1.38.